The highest BCUT2D eigenvalue weighted by molar-refractivity contribution is 5.67. The number of aliphatic hydroxyl groups is 1. The quantitative estimate of drug-likeness (QED) is 0.639. The molecule has 0 fully saturated rings. The minimum absolute atomic E-state index is 0.365. The van der Waals surface area contributed by atoms with Crippen LogP contribution in [-0.4, -0.2) is 41.5 Å². The van der Waals surface area contributed by atoms with Crippen LogP contribution < -0.4 is 10.6 Å². The van der Waals surface area contributed by atoms with Gasteiger partial charge in [-0.2, -0.15) is 0 Å². The Hall–Kier alpha value is -0.810. The summed E-state index contributed by atoms with van der Waals surface area (Å²) in [5.74, 6) is 0. The van der Waals surface area contributed by atoms with E-state index in [9.17, 15) is 9.90 Å². The second-order valence-corrected chi connectivity index (χ2v) is 5.75. The van der Waals surface area contributed by atoms with Crippen molar-refractivity contribution in [3.05, 3.63) is 0 Å². The normalized spacial score (nSPS) is 14.3. The first-order chi connectivity index (χ1) is 7.54. The number of rotatable bonds is 5. The third-order valence-corrected chi connectivity index (χ3v) is 2.42. The van der Waals surface area contributed by atoms with E-state index in [1.807, 2.05) is 34.6 Å². The van der Waals surface area contributed by atoms with Gasteiger partial charge in [0.1, 0.15) is 5.60 Å². The summed E-state index contributed by atoms with van der Waals surface area (Å²) < 4.78 is 5.09. The Balaban J connectivity index is 3.76. The summed E-state index contributed by atoms with van der Waals surface area (Å²) in [5, 5.41) is 15.3. The zero-order valence-corrected chi connectivity index (χ0v) is 11.8. The summed E-state index contributed by atoms with van der Waals surface area (Å²) in [6.07, 6.45) is -0.877. The van der Waals surface area contributed by atoms with E-state index in [0.29, 0.717) is 13.1 Å². The van der Waals surface area contributed by atoms with Crippen molar-refractivity contribution >= 4 is 6.09 Å². The van der Waals surface area contributed by atoms with Gasteiger partial charge in [-0.15, -0.1) is 0 Å². The standard InChI is InChI=1S/C12H26N2O3/c1-9(15)12(5,6)14-8-7-13-10(16)17-11(2,3)4/h9,14-15H,7-8H2,1-6H3,(H,13,16). The van der Waals surface area contributed by atoms with E-state index in [0.717, 1.165) is 0 Å². The maximum absolute atomic E-state index is 11.3. The molecule has 3 N–H and O–H groups in total. The fourth-order valence-corrected chi connectivity index (χ4v) is 1.01. The van der Waals surface area contributed by atoms with Crippen LogP contribution in [-0.2, 0) is 4.74 Å². The first-order valence-electron chi connectivity index (χ1n) is 5.94. The van der Waals surface area contributed by atoms with Gasteiger partial charge in [0.05, 0.1) is 6.10 Å². The molecule has 17 heavy (non-hydrogen) atoms. The van der Waals surface area contributed by atoms with Gasteiger partial charge in [0.2, 0.25) is 0 Å². The molecule has 5 heteroatoms. The van der Waals surface area contributed by atoms with Gasteiger partial charge in [-0.3, -0.25) is 0 Å². The monoisotopic (exact) mass is 246 g/mol. The van der Waals surface area contributed by atoms with Crippen LogP contribution in [0.25, 0.3) is 0 Å². The second kappa shape index (κ2) is 6.21. The zero-order chi connectivity index (χ0) is 13.7. The van der Waals surface area contributed by atoms with Crippen molar-refractivity contribution in [3.63, 3.8) is 0 Å². The number of alkyl carbamates (subject to hydrolysis) is 1. The van der Waals surface area contributed by atoms with Crippen molar-refractivity contribution in [1.82, 2.24) is 10.6 Å². The molecular weight excluding hydrogens is 220 g/mol. The molecule has 0 radical (unpaired) electrons. The van der Waals surface area contributed by atoms with Crippen LogP contribution in [0.3, 0.4) is 0 Å². The molecule has 0 spiro atoms. The lowest BCUT2D eigenvalue weighted by atomic mass is 9.99. The summed E-state index contributed by atoms with van der Waals surface area (Å²) in [6, 6.07) is 0. The maximum Gasteiger partial charge on any atom is 0.407 e. The van der Waals surface area contributed by atoms with Crippen molar-refractivity contribution in [3.8, 4) is 0 Å². The summed E-state index contributed by atoms with van der Waals surface area (Å²) in [5.41, 5.74) is -0.841. The van der Waals surface area contributed by atoms with Crippen molar-refractivity contribution < 1.29 is 14.6 Å². The molecule has 0 bridgehead atoms. The fourth-order valence-electron chi connectivity index (χ4n) is 1.01. The highest BCUT2D eigenvalue weighted by Crippen LogP contribution is 2.07. The van der Waals surface area contributed by atoms with Gasteiger partial charge in [0.25, 0.3) is 0 Å². The zero-order valence-electron chi connectivity index (χ0n) is 11.8. The minimum Gasteiger partial charge on any atom is -0.444 e. The Morgan fingerprint density at radius 2 is 1.76 bits per heavy atom. The number of carbonyl (C=O) groups excluding carboxylic acids is 1. The molecule has 1 atom stereocenters. The van der Waals surface area contributed by atoms with Crippen LogP contribution >= 0.6 is 0 Å². The van der Waals surface area contributed by atoms with E-state index in [1.54, 1.807) is 6.92 Å². The number of nitrogens with one attached hydrogen (secondary N) is 2. The number of amides is 1. The van der Waals surface area contributed by atoms with Crippen molar-refractivity contribution in [2.24, 2.45) is 0 Å². The average molecular weight is 246 g/mol. The van der Waals surface area contributed by atoms with E-state index in [2.05, 4.69) is 10.6 Å². The van der Waals surface area contributed by atoms with Gasteiger partial charge in [-0.05, 0) is 41.5 Å². The van der Waals surface area contributed by atoms with Crippen LogP contribution in [0.1, 0.15) is 41.5 Å². The molecule has 0 saturated carbocycles. The second-order valence-electron chi connectivity index (χ2n) is 5.75. The molecule has 5 nitrogen and oxygen atoms in total. The van der Waals surface area contributed by atoms with Gasteiger partial charge in [0.15, 0.2) is 0 Å². The first kappa shape index (κ1) is 16.2. The lowest BCUT2D eigenvalue weighted by molar-refractivity contribution is 0.0523. The predicted molar refractivity (Wildman–Crippen MR) is 68.0 cm³/mol. The molecule has 0 aliphatic carbocycles. The molecule has 0 aromatic rings. The number of hydrogen-bond acceptors (Lipinski definition) is 4. The van der Waals surface area contributed by atoms with Gasteiger partial charge in [0, 0.05) is 18.6 Å². The topological polar surface area (TPSA) is 70.6 Å². The first-order valence-corrected chi connectivity index (χ1v) is 5.94. The van der Waals surface area contributed by atoms with Crippen LogP contribution in [0.4, 0.5) is 4.79 Å². The lowest BCUT2D eigenvalue weighted by Gasteiger charge is -2.29. The Morgan fingerprint density at radius 1 is 1.24 bits per heavy atom. The van der Waals surface area contributed by atoms with E-state index >= 15 is 0 Å². The molecular formula is C12H26N2O3. The molecule has 0 heterocycles. The molecule has 0 aromatic heterocycles. The molecule has 0 aromatic carbocycles. The number of aliphatic hydroxyl groups excluding tert-OH is 1. The minimum atomic E-state index is -0.476. The number of hydrogen-bond donors (Lipinski definition) is 3. The Bertz CT molecular complexity index is 245. The van der Waals surface area contributed by atoms with Crippen LogP contribution in [0, 0.1) is 0 Å². The predicted octanol–water partition coefficient (Wildman–Crippen LogP) is 1.26. The molecule has 1 amide bonds. The van der Waals surface area contributed by atoms with Crippen LogP contribution in [0.5, 0.6) is 0 Å². The van der Waals surface area contributed by atoms with Gasteiger partial charge in [-0.1, -0.05) is 0 Å². The Labute approximate surface area is 104 Å². The summed E-state index contributed by atoms with van der Waals surface area (Å²) in [7, 11) is 0. The SMILES string of the molecule is CC(O)C(C)(C)NCCNC(=O)OC(C)(C)C. The summed E-state index contributed by atoms with van der Waals surface area (Å²) in [6.45, 7) is 12.1. The Morgan fingerprint density at radius 3 is 2.18 bits per heavy atom. The van der Waals surface area contributed by atoms with Gasteiger partial charge < -0.3 is 20.5 Å². The molecule has 1 unspecified atom stereocenters. The highest BCUT2D eigenvalue weighted by Gasteiger charge is 2.22. The van der Waals surface area contributed by atoms with Gasteiger partial charge in [-0.25, -0.2) is 4.79 Å². The summed E-state index contributed by atoms with van der Waals surface area (Å²) >= 11 is 0. The van der Waals surface area contributed by atoms with E-state index in [-0.39, 0.29) is 5.54 Å². The molecule has 0 aliphatic rings. The molecule has 0 aliphatic heterocycles. The number of ether oxygens (including phenoxy) is 1. The smallest absolute Gasteiger partial charge is 0.407 e. The van der Waals surface area contributed by atoms with Crippen molar-refractivity contribution in [2.45, 2.75) is 58.8 Å². The van der Waals surface area contributed by atoms with Crippen molar-refractivity contribution in [1.29, 1.82) is 0 Å². The third-order valence-electron chi connectivity index (χ3n) is 2.42. The van der Waals surface area contributed by atoms with Gasteiger partial charge >= 0.3 is 6.09 Å². The van der Waals surface area contributed by atoms with Crippen molar-refractivity contribution in [2.75, 3.05) is 13.1 Å². The fraction of sp³-hybridized carbons (Fsp3) is 0.917. The number of carbonyl (C=O) groups is 1. The molecule has 0 rings (SSSR count). The third kappa shape index (κ3) is 7.99. The highest BCUT2D eigenvalue weighted by atomic mass is 16.6. The lowest BCUT2D eigenvalue weighted by Crippen LogP contribution is -2.50. The Kier molecular flexibility index (Phi) is 5.92. The van der Waals surface area contributed by atoms with E-state index in [1.165, 1.54) is 0 Å². The van der Waals surface area contributed by atoms with Crippen LogP contribution in [0.2, 0.25) is 0 Å². The average Bonchev–Trinajstić information content (AvgIpc) is 2.09. The summed E-state index contributed by atoms with van der Waals surface area (Å²) in [4.78, 5) is 11.3. The maximum atomic E-state index is 11.3. The molecule has 102 valence electrons. The molecule has 0 saturated heterocycles. The van der Waals surface area contributed by atoms with Crippen LogP contribution in [0.15, 0.2) is 0 Å². The van der Waals surface area contributed by atoms with E-state index in [4.69, 9.17) is 4.74 Å². The largest absolute Gasteiger partial charge is 0.444 e. The van der Waals surface area contributed by atoms with E-state index < -0.39 is 17.8 Å².